The second-order valence-corrected chi connectivity index (χ2v) is 3.59. The standard InChI is InChI=1S/C7H12N2O3/c1-7(2)3-4(5(10)9-12)8-6(7)11/h4,12H,3H2,1-2H3,(H,8,11)(H,9,10). The first-order chi connectivity index (χ1) is 5.47. The Labute approximate surface area is 70.1 Å². The lowest BCUT2D eigenvalue weighted by Gasteiger charge is -2.11. The summed E-state index contributed by atoms with van der Waals surface area (Å²) in [7, 11) is 0. The molecule has 3 N–H and O–H groups in total. The highest BCUT2D eigenvalue weighted by Crippen LogP contribution is 2.28. The van der Waals surface area contributed by atoms with E-state index >= 15 is 0 Å². The van der Waals surface area contributed by atoms with Gasteiger partial charge in [-0.2, -0.15) is 0 Å². The Kier molecular flexibility index (Phi) is 2.06. The lowest BCUT2D eigenvalue weighted by atomic mass is 9.90. The van der Waals surface area contributed by atoms with Crippen LogP contribution in [0.25, 0.3) is 0 Å². The highest BCUT2D eigenvalue weighted by atomic mass is 16.5. The summed E-state index contributed by atoms with van der Waals surface area (Å²) < 4.78 is 0. The van der Waals surface area contributed by atoms with E-state index in [1.165, 1.54) is 5.48 Å². The van der Waals surface area contributed by atoms with Gasteiger partial charge >= 0.3 is 0 Å². The monoisotopic (exact) mass is 172 g/mol. The molecule has 0 aliphatic carbocycles. The first-order valence-corrected chi connectivity index (χ1v) is 3.72. The minimum Gasteiger partial charge on any atom is -0.344 e. The topological polar surface area (TPSA) is 78.4 Å². The number of hydroxylamine groups is 1. The zero-order chi connectivity index (χ0) is 9.35. The Balaban J connectivity index is 2.67. The third-order valence-corrected chi connectivity index (χ3v) is 2.06. The fraction of sp³-hybridized carbons (Fsp3) is 0.714. The van der Waals surface area contributed by atoms with Gasteiger partial charge in [0.25, 0.3) is 5.91 Å². The second-order valence-electron chi connectivity index (χ2n) is 3.59. The van der Waals surface area contributed by atoms with Gasteiger partial charge in [0, 0.05) is 5.41 Å². The van der Waals surface area contributed by atoms with Crippen molar-refractivity contribution in [3.05, 3.63) is 0 Å². The maximum absolute atomic E-state index is 11.2. The minimum absolute atomic E-state index is 0.156. The Bertz CT molecular complexity index is 225. The Hall–Kier alpha value is -1.10. The molecule has 1 unspecified atom stereocenters. The van der Waals surface area contributed by atoms with Crippen molar-refractivity contribution in [1.82, 2.24) is 10.8 Å². The van der Waals surface area contributed by atoms with E-state index in [9.17, 15) is 9.59 Å². The molecule has 2 amide bonds. The van der Waals surface area contributed by atoms with Gasteiger partial charge in [0.05, 0.1) is 0 Å². The van der Waals surface area contributed by atoms with Gasteiger partial charge in [-0.05, 0) is 6.42 Å². The summed E-state index contributed by atoms with van der Waals surface area (Å²) in [6.07, 6.45) is 0.415. The predicted molar refractivity (Wildman–Crippen MR) is 40.3 cm³/mol. The summed E-state index contributed by atoms with van der Waals surface area (Å²) in [5, 5.41) is 10.8. The van der Waals surface area contributed by atoms with Crippen LogP contribution in [0.5, 0.6) is 0 Å². The summed E-state index contributed by atoms with van der Waals surface area (Å²) in [5.74, 6) is -0.718. The summed E-state index contributed by atoms with van der Waals surface area (Å²) >= 11 is 0. The molecule has 0 radical (unpaired) electrons. The molecule has 0 aromatic heterocycles. The van der Waals surface area contributed by atoms with Gasteiger partial charge in [-0.1, -0.05) is 13.8 Å². The molecule has 1 aliphatic heterocycles. The average molecular weight is 172 g/mol. The highest BCUT2D eigenvalue weighted by Gasteiger charge is 2.41. The van der Waals surface area contributed by atoms with Gasteiger partial charge in [-0.3, -0.25) is 14.8 Å². The van der Waals surface area contributed by atoms with Crippen molar-refractivity contribution in [1.29, 1.82) is 0 Å². The van der Waals surface area contributed by atoms with Crippen LogP contribution >= 0.6 is 0 Å². The summed E-state index contributed by atoms with van der Waals surface area (Å²) in [6, 6.07) is -0.600. The van der Waals surface area contributed by atoms with Crippen LogP contribution in [0, 0.1) is 5.41 Å². The lowest BCUT2D eigenvalue weighted by Crippen LogP contribution is -2.40. The van der Waals surface area contributed by atoms with Crippen molar-refractivity contribution >= 4 is 11.8 Å². The number of hydrogen-bond donors (Lipinski definition) is 3. The predicted octanol–water partition coefficient (Wildman–Crippen LogP) is -0.594. The molecule has 1 atom stereocenters. The molecule has 1 saturated heterocycles. The van der Waals surface area contributed by atoms with Crippen LogP contribution in [0.1, 0.15) is 20.3 Å². The van der Waals surface area contributed by atoms with Gasteiger partial charge in [-0.25, -0.2) is 5.48 Å². The molecule has 0 saturated carbocycles. The third-order valence-electron chi connectivity index (χ3n) is 2.06. The van der Waals surface area contributed by atoms with Crippen molar-refractivity contribution in [2.24, 2.45) is 5.41 Å². The van der Waals surface area contributed by atoms with Crippen LogP contribution in [0.15, 0.2) is 0 Å². The van der Waals surface area contributed by atoms with E-state index in [1.54, 1.807) is 13.8 Å². The van der Waals surface area contributed by atoms with E-state index in [0.717, 1.165) is 0 Å². The molecule has 1 aliphatic rings. The van der Waals surface area contributed by atoms with Gasteiger partial charge in [-0.15, -0.1) is 0 Å². The summed E-state index contributed by atoms with van der Waals surface area (Å²) in [6.45, 7) is 3.51. The Morgan fingerprint density at radius 3 is 2.67 bits per heavy atom. The highest BCUT2D eigenvalue weighted by molar-refractivity contribution is 5.93. The first kappa shape index (κ1) is 8.99. The van der Waals surface area contributed by atoms with E-state index in [4.69, 9.17) is 5.21 Å². The van der Waals surface area contributed by atoms with E-state index in [0.29, 0.717) is 6.42 Å². The largest absolute Gasteiger partial charge is 0.344 e. The molecule has 0 aromatic carbocycles. The van der Waals surface area contributed by atoms with E-state index < -0.39 is 17.4 Å². The number of amides is 2. The van der Waals surface area contributed by atoms with E-state index in [1.807, 2.05) is 0 Å². The van der Waals surface area contributed by atoms with E-state index in [-0.39, 0.29) is 5.91 Å². The van der Waals surface area contributed by atoms with Gasteiger partial charge < -0.3 is 5.32 Å². The number of carbonyl (C=O) groups excluding carboxylic acids is 2. The minimum atomic E-state index is -0.600. The van der Waals surface area contributed by atoms with E-state index in [2.05, 4.69) is 5.32 Å². The van der Waals surface area contributed by atoms with Crippen molar-refractivity contribution < 1.29 is 14.8 Å². The molecular formula is C7H12N2O3. The van der Waals surface area contributed by atoms with Crippen LogP contribution in [0.4, 0.5) is 0 Å². The fourth-order valence-corrected chi connectivity index (χ4v) is 1.24. The molecule has 0 bridgehead atoms. The van der Waals surface area contributed by atoms with Crippen molar-refractivity contribution in [2.75, 3.05) is 0 Å². The van der Waals surface area contributed by atoms with Crippen LogP contribution in [0.2, 0.25) is 0 Å². The SMILES string of the molecule is CC1(C)CC(C(=O)NO)NC1=O. The maximum Gasteiger partial charge on any atom is 0.265 e. The lowest BCUT2D eigenvalue weighted by molar-refractivity contribution is -0.132. The Morgan fingerprint density at radius 1 is 1.75 bits per heavy atom. The zero-order valence-corrected chi connectivity index (χ0v) is 7.05. The number of carbonyl (C=O) groups is 2. The molecule has 1 rings (SSSR count). The molecule has 5 nitrogen and oxygen atoms in total. The maximum atomic E-state index is 11.2. The van der Waals surface area contributed by atoms with Crippen molar-refractivity contribution in [3.63, 3.8) is 0 Å². The molecule has 0 spiro atoms. The van der Waals surface area contributed by atoms with Crippen molar-refractivity contribution in [2.45, 2.75) is 26.3 Å². The first-order valence-electron chi connectivity index (χ1n) is 3.72. The number of hydrogen-bond acceptors (Lipinski definition) is 3. The fourth-order valence-electron chi connectivity index (χ4n) is 1.24. The Morgan fingerprint density at radius 2 is 2.33 bits per heavy atom. The molecule has 68 valence electrons. The normalized spacial score (nSPS) is 26.6. The van der Waals surface area contributed by atoms with Gasteiger partial charge in [0.15, 0.2) is 0 Å². The van der Waals surface area contributed by atoms with Crippen LogP contribution in [0.3, 0.4) is 0 Å². The van der Waals surface area contributed by atoms with Crippen LogP contribution < -0.4 is 10.8 Å². The molecular weight excluding hydrogens is 160 g/mol. The quantitative estimate of drug-likeness (QED) is 0.365. The molecule has 12 heavy (non-hydrogen) atoms. The molecule has 0 aromatic rings. The molecule has 1 heterocycles. The average Bonchev–Trinajstić information content (AvgIpc) is 2.25. The van der Waals surface area contributed by atoms with Crippen LogP contribution in [-0.2, 0) is 9.59 Å². The summed E-state index contributed by atoms with van der Waals surface area (Å²) in [4.78, 5) is 22.0. The smallest absolute Gasteiger partial charge is 0.265 e. The van der Waals surface area contributed by atoms with Crippen molar-refractivity contribution in [3.8, 4) is 0 Å². The molecule has 5 heteroatoms. The second kappa shape index (κ2) is 2.75. The van der Waals surface area contributed by atoms with Gasteiger partial charge in [0.2, 0.25) is 5.91 Å². The molecule has 1 fully saturated rings. The summed E-state index contributed by atoms with van der Waals surface area (Å²) in [5.41, 5.74) is 0.995. The van der Waals surface area contributed by atoms with Crippen LogP contribution in [-0.4, -0.2) is 23.1 Å². The number of nitrogens with one attached hydrogen (secondary N) is 2. The zero-order valence-electron chi connectivity index (χ0n) is 7.05. The van der Waals surface area contributed by atoms with Gasteiger partial charge in [0.1, 0.15) is 6.04 Å². The number of rotatable bonds is 1. The third kappa shape index (κ3) is 1.40.